The van der Waals surface area contributed by atoms with Crippen LogP contribution in [0.5, 0.6) is 5.75 Å². The van der Waals surface area contributed by atoms with E-state index in [1.54, 1.807) is 12.1 Å². The van der Waals surface area contributed by atoms with Crippen molar-refractivity contribution in [3.8, 4) is 5.75 Å². The lowest BCUT2D eigenvalue weighted by atomic mass is 9.47. The highest BCUT2D eigenvalue weighted by Crippen LogP contribution is 2.67. The normalized spacial score (nSPS) is 37.1. The zero-order chi connectivity index (χ0) is 40.3. The quantitative estimate of drug-likeness (QED) is 0.107. The number of hydrogen-bond acceptors (Lipinski definition) is 4. The van der Waals surface area contributed by atoms with Gasteiger partial charge in [0, 0.05) is 6.42 Å². The summed E-state index contributed by atoms with van der Waals surface area (Å²) in [6, 6.07) is 5.12. The largest absolute Gasteiger partial charge is 0.462 e. The monoisotopic (exact) mass is 787 g/mol. The van der Waals surface area contributed by atoms with Gasteiger partial charge in [-0.25, -0.2) is 4.39 Å². The Balaban J connectivity index is 0.840. The molecule has 5 fully saturated rings. The number of benzene rings is 1. The summed E-state index contributed by atoms with van der Waals surface area (Å²) in [5.41, 5.74) is 3.20. The van der Waals surface area contributed by atoms with E-state index in [1.165, 1.54) is 108 Å². The number of halogens is 1. The number of carbonyl (C=O) groups excluding carboxylic acids is 2. The van der Waals surface area contributed by atoms with Crippen molar-refractivity contribution in [3.63, 3.8) is 0 Å². The van der Waals surface area contributed by atoms with Crippen LogP contribution in [0.4, 0.5) is 4.39 Å². The molecule has 0 bridgehead atoms. The van der Waals surface area contributed by atoms with Gasteiger partial charge >= 0.3 is 11.9 Å². The fourth-order valence-corrected chi connectivity index (χ4v) is 14.5. The van der Waals surface area contributed by atoms with E-state index in [9.17, 15) is 9.59 Å². The van der Waals surface area contributed by atoms with Crippen LogP contribution in [0.15, 0.2) is 29.8 Å². The van der Waals surface area contributed by atoms with Gasteiger partial charge in [0.05, 0.1) is 12.8 Å². The van der Waals surface area contributed by atoms with E-state index in [0.717, 1.165) is 90.9 Å². The molecule has 4 nitrogen and oxygen atoms in total. The molecule has 0 N–H and O–H groups in total. The van der Waals surface area contributed by atoms with Crippen molar-refractivity contribution in [3.05, 3.63) is 41.2 Å². The summed E-state index contributed by atoms with van der Waals surface area (Å²) in [5, 5.41) is 0. The Hall–Kier alpha value is -2.17. The van der Waals surface area contributed by atoms with Crippen LogP contribution in [0.3, 0.4) is 0 Å². The maximum Gasteiger partial charge on any atom is 0.311 e. The van der Waals surface area contributed by atoms with Crippen LogP contribution in [-0.2, 0) is 14.3 Å². The van der Waals surface area contributed by atoms with E-state index in [0.29, 0.717) is 11.3 Å². The summed E-state index contributed by atoms with van der Waals surface area (Å²) in [5.74, 6) is 6.36. The van der Waals surface area contributed by atoms with Crippen LogP contribution in [0.1, 0.15) is 201 Å². The molecule has 0 saturated heterocycles. The number of ether oxygens (including phenoxy) is 2. The van der Waals surface area contributed by atoms with Crippen molar-refractivity contribution in [2.24, 2.45) is 64.1 Å². The molecule has 6 aliphatic rings. The summed E-state index contributed by atoms with van der Waals surface area (Å²) in [6.07, 6.45) is 28.8. The number of hydrogen-bond donors (Lipinski definition) is 0. The number of esters is 2. The minimum absolute atomic E-state index is 0.0448. The molecule has 57 heavy (non-hydrogen) atoms. The van der Waals surface area contributed by atoms with Gasteiger partial charge in [-0.15, -0.1) is 0 Å². The van der Waals surface area contributed by atoms with Crippen molar-refractivity contribution in [1.82, 2.24) is 0 Å². The van der Waals surface area contributed by atoms with Crippen LogP contribution in [0, 0.1) is 69.9 Å². The van der Waals surface area contributed by atoms with Gasteiger partial charge in [0.1, 0.15) is 6.10 Å². The molecule has 0 spiro atoms. The average Bonchev–Trinajstić information content (AvgIpc) is 3.56. The highest BCUT2D eigenvalue weighted by atomic mass is 19.1. The maximum atomic E-state index is 15.2. The molecule has 6 aliphatic carbocycles. The van der Waals surface area contributed by atoms with E-state index in [-0.39, 0.29) is 36.1 Å². The van der Waals surface area contributed by atoms with Crippen LogP contribution in [0.2, 0.25) is 0 Å². The van der Waals surface area contributed by atoms with Crippen LogP contribution < -0.4 is 4.74 Å². The molecule has 0 amide bonds. The lowest BCUT2D eigenvalue weighted by molar-refractivity contribution is -0.153. The van der Waals surface area contributed by atoms with Crippen molar-refractivity contribution in [2.45, 2.75) is 201 Å². The predicted octanol–water partition coefficient (Wildman–Crippen LogP) is 14.3. The van der Waals surface area contributed by atoms with E-state index in [4.69, 9.17) is 9.47 Å². The molecule has 5 heteroatoms. The first-order valence-corrected chi connectivity index (χ1v) is 24.3. The minimum Gasteiger partial charge on any atom is -0.462 e. The van der Waals surface area contributed by atoms with E-state index in [1.807, 2.05) is 6.07 Å². The second-order valence-corrected chi connectivity index (χ2v) is 21.5. The highest BCUT2D eigenvalue weighted by Gasteiger charge is 2.59. The first-order valence-electron chi connectivity index (χ1n) is 24.3. The van der Waals surface area contributed by atoms with Crippen molar-refractivity contribution in [1.29, 1.82) is 0 Å². The molecule has 4 unspecified atom stereocenters. The van der Waals surface area contributed by atoms with Gasteiger partial charge in [0.2, 0.25) is 0 Å². The standard InChI is InChI=1S/C52H79FO4/c1-7-9-36-12-14-37(15-13-36)38-16-18-39(19-17-38)40-20-25-48(47(53)32-40)57-50(55)27-26-49(54)56-42-28-30-51(5)41(33-42)21-22-43-45-24-23-44(35(4)11-8-10-34(2)3)52(45,6)31-29-46(43)51/h20-21,25,32,34-39,42-46H,7-19,22-24,26-31,33H2,1-6H3/t35?,36?,37?,38?,39?,42-,43?,44+,45?,46?,51-,52+/m0/s1. The minimum atomic E-state index is -0.589. The second kappa shape index (κ2) is 18.6. The van der Waals surface area contributed by atoms with Gasteiger partial charge < -0.3 is 9.47 Å². The Morgan fingerprint density at radius 1 is 0.825 bits per heavy atom. The molecule has 8 atom stereocenters. The van der Waals surface area contributed by atoms with Gasteiger partial charge in [-0.1, -0.05) is 104 Å². The molecular weight excluding hydrogens is 708 g/mol. The fourth-order valence-electron chi connectivity index (χ4n) is 14.5. The van der Waals surface area contributed by atoms with Crippen LogP contribution in [0.25, 0.3) is 0 Å². The van der Waals surface area contributed by atoms with E-state index in [2.05, 4.69) is 47.6 Å². The van der Waals surface area contributed by atoms with Crippen LogP contribution in [-0.4, -0.2) is 18.0 Å². The summed E-state index contributed by atoms with van der Waals surface area (Å²) in [4.78, 5) is 25.8. The van der Waals surface area contributed by atoms with Crippen LogP contribution >= 0.6 is 0 Å². The average molecular weight is 787 g/mol. The van der Waals surface area contributed by atoms with Crippen molar-refractivity contribution in [2.75, 3.05) is 0 Å². The molecule has 0 aromatic heterocycles. The zero-order valence-corrected chi connectivity index (χ0v) is 36.9. The molecule has 1 aromatic carbocycles. The van der Waals surface area contributed by atoms with Gasteiger partial charge in [-0.3, -0.25) is 9.59 Å². The second-order valence-electron chi connectivity index (χ2n) is 21.5. The Labute approximate surface area is 346 Å². The molecule has 5 saturated carbocycles. The molecule has 0 aliphatic heterocycles. The summed E-state index contributed by atoms with van der Waals surface area (Å²) in [7, 11) is 0. The molecule has 7 rings (SSSR count). The van der Waals surface area contributed by atoms with E-state index < -0.39 is 11.8 Å². The smallest absolute Gasteiger partial charge is 0.311 e. The number of fused-ring (bicyclic) bond motifs is 5. The zero-order valence-electron chi connectivity index (χ0n) is 36.9. The highest BCUT2D eigenvalue weighted by molar-refractivity contribution is 5.79. The molecule has 0 radical (unpaired) electrons. The summed E-state index contributed by atoms with van der Waals surface area (Å²) in [6.45, 7) is 14.7. The Bertz CT molecular complexity index is 1550. The Morgan fingerprint density at radius 3 is 2.25 bits per heavy atom. The lowest BCUT2D eigenvalue weighted by Gasteiger charge is -2.58. The molecule has 1 aromatic rings. The van der Waals surface area contributed by atoms with Gasteiger partial charge in [-0.05, 0) is 171 Å². The fraction of sp³-hybridized carbons (Fsp3) is 0.808. The van der Waals surface area contributed by atoms with Gasteiger partial charge in [0.25, 0.3) is 0 Å². The first kappa shape index (κ1) is 42.9. The molecular formula is C52H79FO4. The Morgan fingerprint density at radius 2 is 1.54 bits per heavy atom. The third-order valence-corrected chi connectivity index (χ3v) is 17.8. The van der Waals surface area contributed by atoms with Crippen molar-refractivity contribution < 1.29 is 23.5 Å². The number of allylic oxidation sites excluding steroid dienone is 1. The third kappa shape index (κ3) is 9.58. The lowest BCUT2D eigenvalue weighted by Crippen LogP contribution is -2.51. The third-order valence-electron chi connectivity index (χ3n) is 17.8. The van der Waals surface area contributed by atoms with Gasteiger partial charge in [-0.2, -0.15) is 0 Å². The summed E-state index contributed by atoms with van der Waals surface area (Å²) < 4.78 is 26.7. The number of rotatable bonds is 14. The SMILES string of the molecule is CCCC1CCC(C2CCC(c3ccc(OC(=O)CCC(=O)O[C@H]4CC[C@@]5(C)C(=CCC6C5CC[C@@]5(C)C6CC[C@@H]5C(C)CCCC(C)C)C4)c(F)c3)CC2)CC1. The van der Waals surface area contributed by atoms with E-state index >= 15 is 4.39 Å². The molecule has 0 heterocycles. The Kier molecular flexibility index (Phi) is 14.0. The molecule has 318 valence electrons. The van der Waals surface area contributed by atoms with Crippen molar-refractivity contribution >= 4 is 11.9 Å². The maximum absolute atomic E-state index is 15.2. The van der Waals surface area contributed by atoms with Gasteiger partial charge in [0.15, 0.2) is 11.6 Å². The predicted molar refractivity (Wildman–Crippen MR) is 229 cm³/mol. The topological polar surface area (TPSA) is 52.6 Å². The first-order chi connectivity index (χ1) is 27.4. The number of carbonyl (C=O) groups is 2. The summed E-state index contributed by atoms with van der Waals surface area (Å²) >= 11 is 0.